The van der Waals surface area contributed by atoms with E-state index in [2.05, 4.69) is 25.9 Å². The first-order valence-electron chi connectivity index (χ1n) is 5.89. The van der Waals surface area contributed by atoms with Crippen molar-refractivity contribution in [3.63, 3.8) is 0 Å². The summed E-state index contributed by atoms with van der Waals surface area (Å²) in [5, 5.41) is 0. The van der Waals surface area contributed by atoms with E-state index in [4.69, 9.17) is 17.0 Å². The van der Waals surface area contributed by atoms with Crippen LogP contribution in [0.5, 0.6) is 0 Å². The number of aromatic amines is 2. The van der Waals surface area contributed by atoms with Crippen LogP contribution < -0.4 is 5.56 Å². The smallest absolute Gasteiger partial charge is 0.339 e. The highest BCUT2D eigenvalue weighted by Gasteiger charge is 2.14. The van der Waals surface area contributed by atoms with Crippen molar-refractivity contribution in [2.24, 2.45) is 0 Å². The van der Waals surface area contributed by atoms with Crippen molar-refractivity contribution in [3.8, 4) is 0 Å². The number of benzene rings is 1. The largest absolute Gasteiger partial charge is 0.465 e. The molecule has 0 bridgehead atoms. The Bertz CT molecular complexity index is 795. The number of H-pyrrole nitrogens is 2. The van der Waals surface area contributed by atoms with Crippen molar-refractivity contribution in [3.05, 3.63) is 61.2 Å². The van der Waals surface area contributed by atoms with Crippen molar-refractivity contribution in [1.29, 1.82) is 0 Å². The maximum absolute atomic E-state index is 12.0. The summed E-state index contributed by atoms with van der Waals surface area (Å²) < 4.78 is 5.78. The van der Waals surface area contributed by atoms with Crippen LogP contribution in [0.4, 0.5) is 0 Å². The fourth-order valence-electron chi connectivity index (χ4n) is 1.73. The predicted molar refractivity (Wildman–Crippen MR) is 86.3 cm³/mol. The highest BCUT2D eigenvalue weighted by Crippen LogP contribution is 2.19. The van der Waals surface area contributed by atoms with E-state index in [1.165, 1.54) is 13.2 Å². The van der Waals surface area contributed by atoms with Gasteiger partial charge in [0, 0.05) is 10.5 Å². The quantitative estimate of drug-likeness (QED) is 0.497. The first-order chi connectivity index (χ1) is 9.99. The molecule has 0 amide bonds. The summed E-state index contributed by atoms with van der Waals surface area (Å²) in [6.07, 6.45) is 1.62. The predicted octanol–water partition coefficient (Wildman–Crippen LogP) is 2.91. The molecule has 2 rings (SSSR count). The number of esters is 1. The number of rotatable bonds is 3. The number of hydrogen-bond acceptors (Lipinski definition) is 4. The molecule has 0 aliphatic rings. The molecule has 0 aliphatic heterocycles. The van der Waals surface area contributed by atoms with Gasteiger partial charge in [-0.2, -0.15) is 0 Å². The van der Waals surface area contributed by atoms with E-state index >= 15 is 0 Å². The van der Waals surface area contributed by atoms with Gasteiger partial charge < -0.3 is 9.72 Å². The fourth-order valence-corrected chi connectivity index (χ4v) is 2.36. The minimum Gasteiger partial charge on any atom is -0.465 e. The minimum absolute atomic E-state index is 0.140. The molecule has 0 spiro atoms. The summed E-state index contributed by atoms with van der Waals surface area (Å²) in [6, 6.07) is 8.64. The second-order valence-electron chi connectivity index (χ2n) is 4.11. The Balaban J connectivity index is 2.61. The second-order valence-corrected chi connectivity index (χ2v) is 5.43. The molecule has 0 atom stereocenters. The number of ether oxygens (including phenoxy) is 1. The maximum atomic E-state index is 12.0. The molecular weight excluding hydrogens is 356 g/mol. The molecule has 0 unspecified atom stereocenters. The zero-order chi connectivity index (χ0) is 15.4. The van der Waals surface area contributed by atoms with E-state index in [1.54, 1.807) is 6.08 Å². The summed E-state index contributed by atoms with van der Waals surface area (Å²) in [5.74, 6) is -0.564. The van der Waals surface area contributed by atoms with E-state index in [9.17, 15) is 9.59 Å². The first kappa shape index (κ1) is 15.4. The van der Waals surface area contributed by atoms with Crippen molar-refractivity contribution in [1.82, 2.24) is 9.97 Å². The van der Waals surface area contributed by atoms with Gasteiger partial charge in [0.15, 0.2) is 4.77 Å². The van der Waals surface area contributed by atoms with E-state index in [-0.39, 0.29) is 10.3 Å². The van der Waals surface area contributed by atoms with E-state index in [0.717, 1.165) is 10.0 Å². The van der Waals surface area contributed by atoms with Crippen molar-refractivity contribution in [2.75, 3.05) is 7.11 Å². The van der Waals surface area contributed by atoms with E-state index in [0.29, 0.717) is 5.69 Å². The van der Waals surface area contributed by atoms with Gasteiger partial charge in [0.2, 0.25) is 0 Å². The molecule has 0 fully saturated rings. The number of aromatic nitrogens is 2. The lowest BCUT2D eigenvalue weighted by molar-refractivity contribution is -0.133. The number of carbonyl (C=O) groups is 1. The van der Waals surface area contributed by atoms with Gasteiger partial charge in [-0.1, -0.05) is 28.1 Å². The van der Waals surface area contributed by atoms with Crippen molar-refractivity contribution in [2.45, 2.75) is 0 Å². The summed E-state index contributed by atoms with van der Waals surface area (Å²) >= 11 is 8.28. The Labute approximate surface area is 133 Å². The van der Waals surface area contributed by atoms with Crippen LogP contribution in [0.25, 0.3) is 11.6 Å². The molecule has 1 aromatic carbocycles. The Kier molecular flexibility index (Phi) is 4.87. The van der Waals surface area contributed by atoms with E-state index in [1.807, 2.05) is 24.3 Å². The molecule has 7 heteroatoms. The first-order valence-corrected chi connectivity index (χ1v) is 7.09. The number of nitrogens with one attached hydrogen (secondary N) is 2. The normalized spacial score (nSPS) is 11.2. The van der Waals surface area contributed by atoms with Crippen LogP contribution in [0.1, 0.15) is 11.3 Å². The highest BCUT2D eigenvalue weighted by molar-refractivity contribution is 9.10. The minimum atomic E-state index is -0.564. The molecule has 21 heavy (non-hydrogen) atoms. The molecule has 0 aliphatic carbocycles. The van der Waals surface area contributed by atoms with Crippen LogP contribution in [-0.4, -0.2) is 23.0 Å². The summed E-state index contributed by atoms with van der Waals surface area (Å²) in [6.45, 7) is 0. The second kappa shape index (κ2) is 6.64. The summed E-state index contributed by atoms with van der Waals surface area (Å²) in [7, 11) is 1.28. The van der Waals surface area contributed by atoms with Gasteiger partial charge in [-0.25, -0.2) is 4.79 Å². The van der Waals surface area contributed by atoms with Gasteiger partial charge in [0.05, 0.1) is 18.4 Å². The van der Waals surface area contributed by atoms with E-state index < -0.39 is 11.5 Å². The molecule has 0 saturated carbocycles. The van der Waals surface area contributed by atoms with Gasteiger partial charge in [0.25, 0.3) is 5.56 Å². The van der Waals surface area contributed by atoms with Crippen molar-refractivity contribution >= 4 is 45.8 Å². The third-order valence-corrected chi connectivity index (χ3v) is 3.31. The number of methoxy groups -OCH3 is 1. The maximum Gasteiger partial charge on any atom is 0.339 e. The number of carbonyl (C=O) groups excluding carboxylic acids is 1. The average Bonchev–Trinajstić information content (AvgIpc) is 2.43. The zero-order valence-electron chi connectivity index (χ0n) is 11.0. The van der Waals surface area contributed by atoms with Crippen LogP contribution in [0.2, 0.25) is 0 Å². The molecule has 1 heterocycles. The van der Waals surface area contributed by atoms with Gasteiger partial charge in [0.1, 0.15) is 0 Å². The SMILES string of the molecule is COC(=O)/C(=C\c1cccc(Br)c1)c1cc(=O)[nH]c(=S)[nH]1. The average molecular weight is 367 g/mol. The van der Waals surface area contributed by atoms with Crippen LogP contribution >= 0.6 is 28.1 Å². The summed E-state index contributed by atoms with van der Waals surface area (Å²) in [5.41, 5.74) is 0.908. The lowest BCUT2D eigenvalue weighted by Gasteiger charge is -2.06. The van der Waals surface area contributed by atoms with Gasteiger partial charge in [-0.15, -0.1) is 0 Å². The summed E-state index contributed by atoms with van der Waals surface area (Å²) in [4.78, 5) is 28.6. The molecule has 5 nitrogen and oxygen atoms in total. The number of hydrogen-bond donors (Lipinski definition) is 2. The molecular formula is C14H11BrN2O3S. The Morgan fingerprint density at radius 3 is 2.71 bits per heavy atom. The molecule has 2 aromatic rings. The standard InChI is InChI=1S/C14H11BrN2O3S/c1-20-13(19)10(6-8-3-2-4-9(15)5-8)11-7-12(18)17-14(21)16-11/h2-7H,1H3,(H2,16,17,18,21)/b10-6-. The topological polar surface area (TPSA) is 75.0 Å². The lowest BCUT2D eigenvalue weighted by Crippen LogP contribution is -2.12. The van der Waals surface area contributed by atoms with Crippen molar-refractivity contribution < 1.29 is 9.53 Å². The third kappa shape index (κ3) is 3.99. The molecule has 108 valence electrons. The third-order valence-electron chi connectivity index (χ3n) is 2.62. The Morgan fingerprint density at radius 2 is 2.10 bits per heavy atom. The monoisotopic (exact) mass is 366 g/mol. The molecule has 1 aromatic heterocycles. The van der Waals surface area contributed by atoms with Gasteiger partial charge in [-0.3, -0.25) is 9.78 Å². The van der Waals surface area contributed by atoms with Gasteiger partial charge >= 0.3 is 5.97 Å². The Morgan fingerprint density at radius 1 is 1.33 bits per heavy atom. The van der Waals surface area contributed by atoms with Crippen LogP contribution in [-0.2, 0) is 9.53 Å². The Hall–Kier alpha value is -1.99. The van der Waals surface area contributed by atoms with Crippen LogP contribution in [0.3, 0.4) is 0 Å². The highest BCUT2D eigenvalue weighted by atomic mass is 79.9. The lowest BCUT2D eigenvalue weighted by atomic mass is 10.1. The van der Waals surface area contributed by atoms with Gasteiger partial charge in [-0.05, 0) is 36.0 Å². The number of halogens is 1. The zero-order valence-corrected chi connectivity index (χ0v) is 13.4. The van der Waals surface area contributed by atoms with Crippen LogP contribution in [0, 0.1) is 4.77 Å². The fraction of sp³-hybridized carbons (Fsp3) is 0.0714. The van der Waals surface area contributed by atoms with Crippen LogP contribution in [0.15, 0.2) is 39.6 Å². The molecule has 2 N–H and O–H groups in total. The molecule has 0 radical (unpaired) electrons. The molecule has 0 saturated heterocycles.